The maximum Gasteiger partial charge on any atom is 0.278 e. The number of nitrogens with one attached hydrogen (secondary N) is 1. The van der Waals surface area contributed by atoms with E-state index in [1.165, 1.54) is 23.5 Å². The highest BCUT2D eigenvalue weighted by atomic mass is 32.2. The van der Waals surface area contributed by atoms with Crippen molar-refractivity contribution in [1.82, 2.24) is 19.8 Å². The number of amides is 1. The summed E-state index contributed by atoms with van der Waals surface area (Å²) in [6.07, 6.45) is 2.96. The summed E-state index contributed by atoms with van der Waals surface area (Å²) >= 11 is 1.45. The fourth-order valence-corrected chi connectivity index (χ4v) is 5.19. The van der Waals surface area contributed by atoms with Crippen LogP contribution in [0.3, 0.4) is 0 Å². The molecule has 0 unspecified atom stereocenters. The van der Waals surface area contributed by atoms with Gasteiger partial charge in [0.15, 0.2) is 20.7 Å². The van der Waals surface area contributed by atoms with E-state index in [0.717, 1.165) is 43.9 Å². The van der Waals surface area contributed by atoms with E-state index in [-0.39, 0.29) is 16.5 Å². The van der Waals surface area contributed by atoms with Gasteiger partial charge in [-0.05, 0) is 19.2 Å². The molecule has 2 aliphatic heterocycles. The van der Waals surface area contributed by atoms with Gasteiger partial charge < -0.3 is 9.64 Å². The molecule has 1 aromatic heterocycles. The van der Waals surface area contributed by atoms with Gasteiger partial charge in [-0.3, -0.25) is 20.0 Å². The van der Waals surface area contributed by atoms with E-state index in [1.54, 1.807) is 23.3 Å². The number of rotatable bonds is 7. The molecule has 10 nitrogen and oxygen atoms in total. The van der Waals surface area contributed by atoms with Crippen molar-refractivity contribution in [2.75, 3.05) is 71.1 Å². The van der Waals surface area contributed by atoms with Gasteiger partial charge >= 0.3 is 0 Å². The predicted octanol–water partition coefficient (Wildman–Crippen LogP) is 0.969. The van der Waals surface area contributed by atoms with Gasteiger partial charge in [-0.1, -0.05) is 12.1 Å². The minimum Gasteiger partial charge on any atom is -0.378 e. The van der Waals surface area contributed by atoms with Crippen LogP contribution in [-0.4, -0.2) is 106 Å². The van der Waals surface area contributed by atoms with E-state index in [9.17, 15) is 13.2 Å². The van der Waals surface area contributed by atoms with Gasteiger partial charge in [0, 0.05) is 55.6 Å². The average Bonchev–Trinajstić information content (AvgIpc) is 3.25. The monoisotopic (exact) mass is 506 g/mol. The molecule has 34 heavy (non-hydrogen) atoms. The number of benzene rings is 1. The number of piperazine rings is 1. The number of ether oxygens (including phenoxy) is 1. The van der Waals surface area contributed by atoms with Crippen molar-refractivity contribution in [2.45, 2.75) is 11.4 Å². The summed E-state index contributed by atoms with van der Waals surface area (Å²) in [7, 11) is -1.21. The van der Waals surface area contributed by atoms with E-state index in [4.69, 9.17) is 4.74 Å². The number of carbonyl (C=O) groups is 1. The van der Waals surface area contributed by atoms with Crippen LogP contribution in [0.1, 0.15) is 10.4 Å². The van der Waals surface area contributed by atoms with E-state index < -0.39 is 9.84 Å². The molecule has 0 saturated carbocycles. The minimum absolute atomic E-state index is 0.191. The van der Waals surface area contributed by atoms with Crippen molar-refractivity contribution < 1.29 is 17.9 Å². The Kier molecular flexibility index (Phi) is 7.94. The third-order valence-electron chi connectivity index (χ3n) is 5.75. The Morgan fingerprint density at radius 1 is 1.12 bits per heavy atom. The Morgan fingerprint density at radius 3 is 2.44 bits per heavy atom. The SMILES string of the molecule is CN1CCN(Cc2cnc(NC(=O)C(=NN3CCOCC3)c3ccc(S(C)(=O)=O)cc3)s2)CC1. The van der Waals surface area contributed by atoms with Crippen LogP contribution < -0.4 is 5.32 Å². The van der Waals surface area contributed by atoms with Gasteiger partial charge in [0.1, 0.15) is 0 Å². The van der Waals surface area contributed by atoms with Gasteiger partial charge in [-0.2, -0.15) is 5.10 Å². The highest BCUT2D eigenvalue weighted by Gasteiger charge is 2.21. The Balaban J connectivity index is 1.49. The summed E-state index contributed by atoms with van der Waals surface area (Å²) in [4.78, 5) is 23.6. The van der Waals surface area contributed by atoms with Crippen molar-refractivity contribution in [3.05, 3.63) is 40.9 Å². The Morgan fingerprint density at radius 2 is 1.79 bits per heavy atom. The molecule has 184 valence electrons. The predicted molar refractivity (Wildman–Crippen MR) is 132 cm³/mol. The molecule has 4 rings (SSSR count). The first-order chi connectivity index (χ1) is 16.3. The van der Waals surface area contributed by atoms with Crippen molar-refractivity contribution in [2.24, 2.45) is 5.10 Å². The number of likely N-dealkylation sites (N-methyl/N-ethyl adjacent to an activating group) is 1. The molecule has 12 heteroatoms. The molecule has 0 atom stereocenters. The minimum atomic E-state index is -3.34. The normalized spacial score (nSPS) is 18.8. The third-order valence-corrected chi connectivity index (χ3v) is 7.78. The summed E-state index contributed by atoms with van der Waals surface area (Å²) in [5.74, 6) is -0.390. The molecule has 1 N–H and O–H groups in total. The molecule has 0 spiro atoms. The quantitative estimate of drug-likeness (QED) is 0.554. The van der Waals surface area contributed by atoms with Gasteiger partial charge in [0.05, 0.1) is 31.2 Å². The van der Waals surface area contributed by atoms with Crippen LogP contribution in [0.5, 0.6) is 0 Å². The number of sulfone groups is 1. The highest BCUT2D eigenvalue weighted by molar-refractivity contribution is 7.90. The van der Waals surface area contributed by atoms with Crippen LogP contribution >= 0.6 is 11.3 Å². The molecule has 2 aromatic rings. The number of aromatic nitrogens is 1. The number of hydrogen-bond acceptors (Lipinski definition) is 10. The number of hydrazone groups is 1. The number of carbonyl (C=O) groups excluding carboxylic acids is 1. The molecule has 1 aromatic carbocycles. The molecule has 0 radical (unpaired) electrons. The molecule has 2 saturated heterocycles. The highest BCUT2D eigenvalue weighted by Crippen LogP contribution is 2.21. The van der Waals surface area contributed by atoms with E-state index in [0.29, 0.717) is 37.0 Å². The summed E-state index contributed by atoms with van der Waals surface area (Å²) in [6.45, 7) is 7.13. The van der Waals surface area contributed by atoms with Gasteiger partial charge in [-0.15, -0.1) is 11.3 Å². The van der Waals surface area contributed by atoms with Crippen molar-refractivity contribution in [3.63, 3.8) is 0 Å². The lowest BCUT2D eigenvalue weighted by Crippen LogP contribution is -2.43. The lowest BCUT2D eigenvalue weighted by atomic mass is 10.1. The molecule has 3 heterocycles. The number of nitrogens with zero attached hydrogens (tertiary/aromatic N) is 5. The Labute approximate surface area is 204 Å². The summed E-state index contributed by atoms with van der Waals surface area (Å²) < 4.78 is 29.0. The standard InChI is InChI=1S/C22H30N6O4S2/c1-26-7-9-27(10-8-26)16-18-15-23-22(33-18)24-21(29)20(25-28-11-13-32-14-12-28)17-3-5-19(6-4-17)34(2,30)31/h3-6,15H,7-14,16H2,1-2H3,(H,23,24,29). The first-order valence-electron chi connectivity index (χ1n) is 11.2. The van der Waals surface area contributed by atoms with Gasteiger partial charge in [-0.25, -0.2) is 13.4 Å². The first kappa shape index (κ1) is 24.7. The largest absolute Gasteiger partial charge is 0.378 e. The first-order valence-corrected chi connectivity index (χ1v) is 13.9. The van der Waals surface area contributed by atoms with Crippen LogP contribution in [0, 0.1) is 0 Å². The molecular formula is C22H30N6O4S2. The topological polar surface area (TPSA) is 107 Å². The maximum absolute atomic E-state index is 13.2. The Bertz CT molecular complexity index is 1120. The van der Waals surface area contributed by atoms with Crippen molar-refractivity contribution in [3.8, 4) is 0 Å². The van der Waals surface area contributed by atoms with Gasteiger partial charge in [0.25, 0.3) is 5.91 Å². The number of morpholine rings is 1. The number of hydrogen-bond donors (Lipinski definition) is 1. The molecule has 1 amide bonds. The smallest absolute Gasteiger partial charge is 0.278 e. The molecular weight excluding hydrogens is 476 g/mol. The van der Waals surface area contributed by atoms with E-state index in [1.807, 2.05) is 0 Å². The van der Waals surface area contributed by atoms with Gasteiger partial charge in [0.2, 0.25) is 0 Å². The second kappa shape index (κ2) is 10.9. The van der Waals surface area contributed by atoms with Crippen LogP contribution in [0.25, 0.3) is 0 Å². The summed E-state index contributed by atoms with van der Waals surface area (Å²) in [5.41, 5.74) is 0.739. The zero-order chi connectivity index (χ0) is 24.1. The second-order valence-electron chi connectivity index (χ2n) is 8.48. The molecule has 2 fully saturated rings. The van der Waals surface area contributed by atoms with Crippen LogP contribution in [0.4, 0.5) is 5.13 Å². The van der Waals surface area contributed by atoms with E-state index >= 15 is 0 Å². The third kappa shape index (κ3) is 6.60. The Hall–Kier alpha value is -2.38. The lowest BCUT2D eigenvalue weighted by molar-refractivity contribution is -0.110. The fourth-order valence-electron chi connectivity index (χ4n) is 3.71. The second-order valence-corrected chi connectivity index (χ2v) is 11.6. The molecule has 2 aliphatic rings. The summed E-state index contributed by atoms with van der Waals surface area (Å²) in [5, 5.41) is 9.75. The average molecular weight is 507 g/mol. The fraction of sp³-hybridized carbons (Fsp3) is 0.500. The van der Waals surface area contributed by atoms with Crippen molar-refractivity contribution >= 4 is 37.9 Å². The number of anilines is 1. The molecule has 0 aliphatic carbocycles. The van der Waals surface area contributed by atoms with Crippen LogP contribution in [-0.2, 0) is 25.9 Å². The van der Waals surface area contributed by atoms with Crippen LogP contribution in [0.2, 0.25) is 0 Å². The van der Waals surface area contributed by atoms with Crippen LogP contribution in [0.15, 0.2) is 40.5 Å². The summed E-state index contributed by atoms with van der Waals surface area (Å²) in [6, 6.07) is 6.19. The zero-order valence-corrected chi connectivity index (χ0v) is 21.1. The number of thiazole rings is 1. The zero-order valence-electron chi connectivity index (χ0n) is 19.4. The lowest BCUT2D eigenvalue weighted by Gasteiger charge is -2.31. The molecule has 0 bridgehead atoms. The maximum atomic E-state index is 13.2. The van der Waals surface area contributed by atoms with E-state index in [2.05, 4.69) is 32.2 Å². The van der Waals surface area contributed by atoms with Crippen molar-refractivity contribution in [1.29, 1.82) is 0 Å².